The number of thiazole rings is 1. The molecule has 0 spiro atoms. The van der Waals surface area contributed by atoms with Gasteiger partial charge in [-0.25, -0.2) is 4.79 Å². The predicted octanol–water partition coefficient (Wildman–Crippen LogP) is 1.69. The zero-order chi connectivity index (χ0) is 23.9. The summed E-state index contributed by atoms with van der Waals surface area (Å²) >= 11 is 1.15. The van der Waals surface area contributed by atoms with Gasteiger partial charge in [-0.2, -0.15) is 0 Å². The fourth-order valence-electron chi connectivity index (χ4n) is 4.22. The maximum atomic E-state index is 13.2. The van der Waals surface area contributed by atoms with E-state index in [-0.39, 0.29) is 30.7 Å². The first-order chi connectivity index (χ1) is 16.5. The smallest absolute Gasteiger partial charge is 0.333 e. The molecule has 0 bridgehead atoms. The number of carbonyl (C=O) groups excluding carboxylic acids is 2. The fraction of sp³-hybridized carbons (Fsp3) is 0.480. The Labute approximate surface area is 201 Å². The van der Waals surface area contributed by atoms with Crippen molar-refractivity contribution in [3.63, 3.8) is 0 Å². The Morgan fingerprint density at radius 2 is 1.88 bits per heavy atom. The number of hydrogen-bond donors (Lipinski definition) is 1. The first-order valence-electron chi connectivity index (χ1n) is 11.8. The monoisotopic (exact) mass is 486 g/mol. The molecule has 182 valence electrons. The molecule has 1 saturated carbocycles. The van der Waals surface area contributed by atoms with E-state index in [9.17, 15) is 14.4 Å². The lowest BCUT2D eigenvalue weighted by atomic mass is 10.1. The summed E-state index contributed by atoms with van der Waals surface area (Å²) in [6.45, 7) is 2.77. The van der Waals surface area contributed by atoms with E-state index in [1.807, 2.05) is 12.1 Å². The van der Waals surface area contributed by atoms with Crippen LogP contribution in [0.4, 0.5) is 0 Å². The number of nitrogens with one attached hydrogen (secondary N) is 1. The van der Waals surface area contributed by atoms with Crippen molar-refractivity contribution in [2.45, 2.75) is 58.0 Å². The molecular formula is C25H30N2O6S. The zero-order valence-corrected chi connectivity index (χ0v) is 20.2. The summed E-state index contributed by atoms with van der Waals surface area (Å²) in [5, 5.41) is 3.07. The standard InChI is InChI=1S/C25H30N2O6S/c1-2-31-24(29)15-23-27(16-22(28)26-18-7-5-3-4-6-8-18)25(30)21(34-23)14-17-9-10-19-20(13-17)33-12-11-32-19/h9-10,13-15,18H,2-8,11-12,16H2,1H3,(H,26,28). The highest BCUT2D eigenvalue weighted by molar-refractivity contribution is 7.07. The number of nitrogens with zero attached hydrogens (tertiary/aromatic N) is 1. The second-order valence-corrected chi connectivity index (χ2v) is 9.46. The van der Waals surface area contributed by atoms with E-state index in [2.05, 4.69) is 5.32 Å². The van der Waals surface area contributed by atoms with Gasteiger partial charge in [-0.1, -0.05) is 31.7 Å². The first-order valence-corrected chi connectivity index (χ1v) is 12.6. The van der Waals surface area contributed by atoms with Gasteiger partial charge < -0.3 is 19.5 Å². The summed E-state index contributed by atoms with van der Waals surface area (Å²) in [5.74, 6) is 0.514. The van der Waals surface area contributed by atoms with Gasteiger partial charge in [0.25, 0.3) is 5.56 Å². The van der Waals surface area contributed by atoms with E-state index in [4.69, 9.17) is 14.2 Å². The summed E-state index contributed by atoms with van der Waals surface area (Å²) in [6, 6.07) is 5.58. The largest absolute Gasteiger partial charge is 0.486 e. The van der Waals surface area contributed by atoms with Crippen LogP contribution < -0.4 is 29.5 Å². The maximum Gasteiger partial charge on any atom is 0.333 e. The number of benzene rings is 1. The first kappa shape index (κ1) is 24.1. The van der Waals surface area contributed by atoms with Gasteiger partial charge in [-0.05, 0) is 43.5 Å². The second kappa shape index (κ2) is 11.4. The topological polar surface area (TPSA) is 95.9 Å². The zero-order valence-electron chi connectivity index (χ0n) is 19.3. The van der Waals surface area contributed by atoms with Gasteiger partial charge in [0.05, 0.1) is 17.2 Å². The summed E-state index contributed by atoms with van der Waals surface area (Å²) in [6.07, 6.45) is 9.48. The molecule has 0 atom stereocenters. The van der Waals surface area contributed by atoms with Gasteiger partial charge in [0.1, 0.15) is 24.4 Å². The molecule has 34 heavy (non-hydrogen) atoms. The third-order valence-corrected chi connectivity index (χ3v) is 6.91. The van der Waals surface area contributed by atoms with E-state index in [0.717, 1.165) is 42.6 Å². The van der Waals surface area contributed by atoms with Crippen LogP contribution in [0.3, 0.4) is 0 Å². The van der Waals surface area contributed by atoms with Crippen molar-refractivity contribution in [1.29, 1.82) is 0 Å². The Morgan fingerprint density at radius 3 is 2.62 bits per heavy atom. The average molecular weight is 487 g/mol. The van der Waals surface area contributed by atoms with E-state index in [1.54, 1.807) is 19.1 Å². The quantitative estimate of drug-likeness (QED) is 0.493. The lowest BCUT2D eigenvalue weighted by Crippen LogP contribution is -2.41. The minimum absolute atomic E-state index is 0.130. The van der Waals surface area contributed by atoms with Crippen molar-refractivity contribution in [2.24, 2.45) is 0 Å². The van der Waals surface area contributed by atoms with Gasteiger partial charge in [-0.15, -0.1) is 11.3 Å². The number of carbonyl (C=O) groups is 2. The molecule has 1 aromatic heterocycles. The van der Waals surface area contributed by atoms with Crippen LogP contribution in [0.25, 0.3) is 12.2 Å². The summed E-state index contributed by atoms with van der Waals surface area (Å²) in [5.41, 5.74) is 0.437. The van der Waals surface area contributed by atoms with Gasteiger partial charge in [0.2, 0.25) is 5.91 Å². The van der Waals surface area contributed by atoms with Crippen molar-refractivity contribution in [3.8, 4) is 11.5 Å². The van der Waals surface area contributed by atoms with Crippen LogP contribution in [0.2, 0.25) is 0 Å². The molecule has 1 N–H and O–H groups in total. The number of hydrogen-bond acceptors (Lipinski definition) is 7. The summed E-state index contributed by atoms with van der Waals surface area (Å²) in [4.78, 5) is 38.2. The molecule has 0 saturated heterocycles. The van der Waals surface area contributed by atoms with Crippen LogP contribution in [-0.2, 0) is 20.9 Å². The summed E-state index contributed by atoms with van der Waals surface area (Å²) in [7, 11) is 0. The van der Waals surface area contributed by atoms with E-state index >= 15 is 0 Å². The lowest BCUT2D eigenvalue weighted by molar-refractivity contribution is -0.135. The van der Waals surface area contributed by atoms with Crippen molar-refractivity contribution >= 4 is 35.4 Å². The highest BCUT2D eigenvalue weighted by atomic mass is 32.1. The molecule has 8 nitrogen and oxygen atoms in total. The van der Waals surface area contributed by atoms with Crippen LogP contribution >= 0.6 is 11.3 Å². The third kappa shape index (κ3) is 6.08. The Hall–Kier alpha value is -3.07. The Morgan fingerprint density at radius 1 is 1.15 bits per heavy atom. The number of rotatable bonds is 6. The molecule has 1 amide bonds. The lowest BCUT2D eigenvalue weighted by Gasteiger charge is -2.18. The average Bonchev–Trinajstić information content (AvgIpc) is 2.99. The van der Waals surface area contributed by atoms with Gasteiger partial charge in [0, 0.05) is 6.04 Å². The van der Waals surface area contributed by atoms with Crippen molar-refractivity contribution in [2.75, 3.05) is 19.8 Å². The second-order valence-electron chi connectivity index (χ2n) is 8.40. The normalized spacial score (nSPS) is 17.3. The summed E-state index contributed by atoms with van der Waals surface area (Å²) < 4.78 is 18.3. The van der Waals surface area contributed by atoms with Crippen molar-refractivity contribution in [3.05, 3.63) is 43.3 Å². The van der Waals surface area contributed by atoms with Gasteiger partial charge in [0.15, 0.2) is 11.5 Å². The number of aromatic nitrogens is 1. The number of esters is 1. The Kier molecular flexibility index (Phi) is 8.05. The molecule has 2 aromatic rings. The van der Waals surface area contributed by atoms with Crippen LogP contribution in [-0.4, -0.2) is 42.3 Å². The highest BCUT2D eigenvalue weighted by Crippen LogP contribution is 2.30. The molecule has 1 aromatic carbocycles. The van der Waals surface area contributed by atoms with Crippen LogP contribution in [0, 0.1) is 0 Å². The number of ether oxygens (including phenoxy) is 3. The molecular weight excluding hydrogens is 456 g/mol. The Bertz CT molecular complexity index is 1210. The molecule has 0 radical (unpaired) electrons. The SMILES string of the molecule is CCOC(=O)C=c1sc(=Cc2ccc3c(c2)OCCO3)c(=O)n1CC(=O)NC1CCCCCC1. The minimum atomic E-state index is -0.549. The molecule has 1 aliphatic carbocycles. The fourth-order valence-corrected chi connectivity index (χ4v) is 5.25. The minimum Gasteiger partial charge on any atom is -0.486 e. The van der Waals surface area contributed by atoms with Crippen molar-refractivity contribution < 1.29 is 23.8 Å². The molecule has 4 rings (SSSR count). The van der Waals surface area contributed by atoms with Gasteiger partial charge in [-0.3, -0.25) is 14.2 Å². The Balaban J connectivity index is 1.65. The van der Waals surface area contributed by atoms with E-state index in [1.165, 1.54) is 23.5 Å². The number of fused-ring (bicyclic) bond motifs is 1. The molecule has 9 heteroatoms. The molecule has 1 aliphatic heterocycles. The predicted molar refractivity (Wildman–Crippen MR) is 130 cm³/mol. The van der Waals surface area contributed by atoms with E-state index in [0.29, 0.717) is 33.9 Å². The third-order valence-electron chi connectivity index (χ3n) is 5.85. The van der Waals surface area contributed by atoms with Crippen LogP contribution in [0.15, 0.2) is 23.0 Å². The molecule has 0 unspecified atom stereocenters. The van der Waals surface area contributed by atoms with E-state index < -0.39 is 5.97 Å². The van der Waals surface area contributed by atoms with Crippen LogP contribution in [0.1, 0.15) is 51.0 Å². The van der Waals surface area contributed by atoms with Crippen LogP contribution in [0.5, 0.6) is 11.5 Å². The molecule has 2 heterocycles. The highest BCUT2D eigenvalue weighted by Gasteiger charge is 2.17. The molecule has 2 aliphatic rings. The van der Waals surface area contributed by atoms with Gasteiger partial charge >= 0.3 is 5.97 Å². The van der Waals surface area contributed by atoms with Crippen molar-refractivity contribution in [1.82, 2.24) is 9.88 Å². The number of amides is 1. The maximum absolute atomic E-state index is 13.2. The molecule has 1 fully saturated rings.